The summed E-state index contributed by atoms with van der Waals surface area (Å²) in [6.07, 6.45) is 0. The van der Waals surface area contributed by atoms with E-state index in [1.807, 2.05) is 12.1 Å². The molecule has 0 atom stereocenters. The number of benzene rings is 7. The number of anilines is 3. The molecule has 0 spiro atoms. The highest BCUT2D eigenvalue weighted by Crippen LogP contribution is 2.48. The van der Waals surface area contributed by atoms with Crippen molar-refractivity contribution in [2.24, 2.45) is 0 Å². The molecular formula is C44H29N3O. The smallest absolute Gasteiger partial charge is 0.135 e. The molecule has 0 aliphatic carbocycles. The van der Waals surface area contributed by atoms with Crippen LogP contribution in [0.15, 0.2) is 180 Å². The molecule has 226 valence electrons. The van der Waals surface area contributed by atoms with Crippen LogP contribution < -0.4 is 4.90 Å². The maximum Gasteiger partial charge on any atom is 0.135 e. The molecule has 0 radical (unpaired) electrons. The predicted molar refractivity (Wildman–Crippen MR) is 200 cm³/mol. The molecule has 7 aromatic carbocycles. The molecule has 4 heteroatoms. The van der Waals surface area contributed by atoms with Gasteiger partial charge < -0.3 is 9.32 Å². The number of hydrogen-bond acceptors (Lipinski definition) is 2. The second-order valence-electron chi connectivity index (χ2n) is 12.2. The minimum absolute atomic E-state index is 0.884. The molecule has 3 aromatic heterocycles. The number of nitrogens with zero attached hydrogens (tertiary/aromatic N) is 3. The minimum atomic E-state index is 0.884. The second-order valence-corrected chi connectivity index (χ2v) is 12.2. The Morgan fingerprint density at radius 2 is 0.979 bits per heavy atom. The maximum absolute atomic E-state index is 6.25. The first kappa shape index (κ1) is 26.7. The van der Waals surface area contributed by atoms with Crippen LogP contribution in [0.1, 0.15) is 0 Å². The van der Waals surface area contributed by atoms with Crippen molar-refractivity contribution in [2.45, 2.75) is 0 Å². The topological polar surface area (TPSA) is 26.2 Å². The third kappa shape index (κ3) is 3.90. The van der Waals surface area contributed by atoms with Crippen LogP contribution in [0.5, 0.6) is 0 Å². The molecule has 0 saturated heterocycles. The highest BCUT2D eigenvalue weighted by Gasteiger charge is 2.26. The Balaban J connectivity index is 1.37. The number of hydrogen-bond donors (Lipinski definition) is 0. The summed E-state index contributed by atoms with van der Waals surface area (Å²) in [7, 11) is 0. The van der Waals surface area contributed by atoms with Gasteiger partial charge in [0.15, 0.2) is 0 Å². The van der Waals surface area contributed by atoms with E-state index in [2.05, 4.69) is 178 Å². The average Bonchev–Trinajstić information content (AvgIpc) is 3.80. The fourth-order valence-electron chi connectivity index (χ4n) is 7.49. The zero-order valence-corrected chi connectivity index (χ0v) is 26.0. The lowest BCUT2D eigenvalue weighted by Gasteiger charge is -2.26. The Morgan fingerprint density at radius 1 is 0.396 bits per heavy atom. The molecular weight excluding hydrogens is 587 g/mol. The summed E-state index contributed by atoms with van der Waals surface area (Å²) in [5.41, 5.74) is 10.8. The van der Waals surface area contributed by atoms with E-state index in [0.29, 0.717) is 0 Å². The van der Waals surface area contributed by atoms with Gasteiger partial charge in [-0.2, -0.15) is 0 Å². The molecule has 0 N–H and O–H groups in total. The molecule has 4 nitrogen and oxygen atoms in total. The quantitative estimate of drug-likeness (QED) is 0.193. The van der Waals surface area contributed by atoms with E-state index >= 15 is 0 Å². The lowest BCUT2D eigenvalue weighted by Crippen LogP contribution is -2.10. The van der Waals surface area contributed by atoms with Crippen LogP contribution in [-0.2, 0) is 0 Å². The van der Waals surface area contributed by atoms with Gasteiger partial charge in [0, 0.05) is 49.7 Å². The van der Waals surface area contributed by atoms with Gasteiger partial charge in [0.05, 0.1) is 16.7 Å². The maximum atomic E-state index is 6.25. The zero-order valence-electron chi connectivity index (χ0n) is 26.0. The minimum Gasteiger partial charge on any atom is -0.456 e. The Bertz CT molecular complexity index is 2770. The molecule has 10 aromatic rings. The van der Waals surface area contributed by atoms with Crippen molar-refractivity contribution in [2.75, 3.05) is 4.90 Å². The Labute approximate surface area is 276 Å². The molecule has 0 saturated carbocycles. The molecule has 0 bridgehead atoms. The summed E-state index contributed by atoms with van der Waals surface area (Å²) in [6, 6.07) is 62.4. The van der Waals surface area contributed by atoms with Gasteiger partial charge >= 0.3 is 0 Å². The molecule has 0 unspecified atom stereocenters. The molecule has 0 fully saturated rings. The van der Waals surface area contributed by atoms with Gasteiger partial charge in [-0.1, -0.05) is 97.1 Å². The Morgan fingerprint density at radius 3 is 1.73 bits per heavy atom. The molecule has 10 rings (SSSR count). The van der Waals surface area contributed by atoms with E-state index in [1.165, 1.54) is 21.7 Å². The van der Waals surface area contributed by atoms with Crippen LogP contribution in [0.4, 0.5) is 17.1 Å². The van der Waals surface area contributed by atoms with Crippen molar-refractivity contribution in [3.8, 4) is 11.4 Å². The zero-order chi connectivity index (χ0) is 31.6. The van der Waals surface area contributed by atoms with Gasteiger partial charge in [0.25, 0.3) is 0 Å². The van der Waals surface area contributed by atoms with E-state index in [1.54, 1.807) is 0 Å². The first-order valence-corrected chi connectivity index (χ1v) is 16.3. The van der Waals surface area contributed by atoms with Crippen molar-refractivity contribution in [3.05, 3.63) is 176 Å². The average molecular weight is 616 g/mol. The van der Waals surface area contributed by atoms with Gasteiger partial charge in [-0.05, 0) is 78.9 Å². The van der Waals surface area contributed by atoms with Crippen LogP contribution in [0.2, 0.25) is 0 Å². The number of aromatic nitrogens is 2. The monoisotopic (exact) mass is 615 g/mol. The van der Waals surface area contributed by atoms with Gasteiger partial charge in [0.2, 0.25) is 0 Å². The van der Waals surface area contributed by atoms with Crippen molar-refractivity contribution >= 4 is 71.8 Å². The van der Waals surface area contributed by atoms with E-state index in [-0.39, 0.29) is 0 Å². The van der Waals surface area contributed by atoms with Crippen LogP contribution in [-0.4, -0.2) is 9.13 Å². The highest BCUT2D eigenvalue weighted by atomic mass is 16.3. The fraction of sp³-hybridized carbons (Fsp3) is 0. The van der Waals surface area contributed by atoms with Gasteiger partial charge in [0.1, 0.15) is 16.8 Å². The summed E-state index contributed by atoms with van der Waals surface area (Å²) >= 11 is 0. The molecule has 0 aliphatic heterocycles. The molecule has 48 heavy (non-hydrogen) atoms. The van der Waals surface area contributed by atoms with Crippen molar-refractivity contribution in [1.29, 1.82) is 0 Å². The van der Waals surface area contributed by atoms with Crippen molar-refractivity contribution in [3.63, 3.8) is 0 Å². The summed E-state index contributed by atoms with van der Waals surface area (Å²) in [6.45, 7) is 0. The van der Waals surface area contributed by atoms with Gasteiger partial charge in [-0.3, -0.25) is 9.13 Å². The predicted octanol–water partition coefficient (Wildman–Crippen LogP) is 12.1. The first-order valence-electron chi connectivity index (χ1n) is 16.3. The first-order chi connectivity index (χ1) is 23.8. The van der Waals surface area contributed by atoms with E-state index in [4.69, 9.17) is 4.42 Å². The van der Waals surface area contributed by atoms with Crippen molar-refractivity contribution < 1.29 is 4.42 Å². The largest absolute Gasteiger partial charge is 0.456 e. The van der Waals surface area contributed by atoms with Gasteiger partial charge in [-0.25, -0.2) is 0 Å². The van der Waals surface area contributed by atoms with Crippen LogP contribution >= 0.6 is 0 Å². The Hall–Kier alpha value is -6.52. The lowest BCUT2D eigenvalue weighted by molar-refractivity contribution is 0.669. The van der Waals surface area contributed by atoms with Gasteiger partial charge in [-0.15, -0.1) is 0 Å². The summed E-state index contributed by atoms with van der Waals surface area (Å²) in [4.78, 5) is 2.40. The third-order valence-corrected chi connectivity index (χ3v) is 9.48. The number of furan rings is 1. The standard InChI is InChI=1S/C44H29N3O/c1-4-15-30(16-5-1)45(33-27-28-41-36(29-33)34-21-11-13-26-40(34)48-41)38-24-14-25-39-43(38)42-35-22-10-12-23-37(35)46(31-17-6-2-7-18-31)44(42)47(39)32-19-8-3-9-20-32/h1-29H. The SMILES string of the molecule is c1ccc(N(c2ccc3oc4ccccc4c3c2)c2cccc3c2c2c4ccccc4n(-c4ccccc4)c2n3-c2ccccc2)cc1. The number of rotatable bonds is 5. The normalized spacial score (nSPS) is 11.8. The lowest BCUT2D eigenvalue weighted by atomic mass is 10.1. The second kappa shape index (κ2) is 10.5. The van der Waals surface area contributed by atoms with E-state index < -0.39 is 0 Å². The summed E-state index contributed by atoms with van der Waals surface area (Å²) in [5, 5.41) is 5.85. The van der Waals surface area contributed by atoms with Crippen LogP contribution in [0.3, 0.4) is 0 Å². The summed E-state index contributed by atoms with van der Waals surface area (Å²) < 4.78 is 11.1. The van der Waals surface area contributed by atoms with Crippen LogP contribution in [0, 0.1) is 0 Å². The van der Waals surface area contributed by atoms with E-state index in [9.17, 15) is 0 Å². The molecule has 0 aliphatic rings. The van der Waals surface area contributed by atoms with Crippen molar-refractivity contribution in [1.82, 2.24) is 9.13 Å². The third-order valence-electron chi connectivity index (χ3n) is 9.48. The molecule has 0 amide bonds. The fourth-order valence-corrected chi connectivity index (χ4v) is 7.49. The molecule has 3 heterocycles. The Kier molecular flexibility index (Phi) is 5.84. The number of fused-ring (bicyclic) bond motifs is 8. The summed E-state index contributed by atoms with van der Waals surface area (Å²) in [5.74, 6) is 0. The van der Waals surface area contributed by atoms with E-state index in [0.717, 1.165) is 61.5 Å². The number of para-hydroxylation sites is 5. The van der Waals surface area contributed by atoms with Crippen LogP contribution in [0.25, 0.3) is 66.2 Å². The highest BCUT2D eigenvalue weighted by molar-refractivity contribution is 6.26.